The van der Waals surface area contributed by atoms with Gasteiger partial charge in [-0.3, -0.25) is 0 Å². The van der Waals surface area contributed by atoms with Gasteiger partial charge in [-0.05, 0) is 80.4 Å². The SMILES string of the molecule is c1ccc(-c2cc(-c3ccccc3)c(-c3ccc(-c4cccc5c4Oc4ncccc4C54c5ccccc5Oc5ccccc54)cc3)cc2-c2ccccc2)cc1. The Morgan fingerprint density at radius 3 is 1.26 bits per heavy atom. The molecule has 268 valence electrons. The van der Waals surface area contributed by atoms with Crippen molar-refractivity contribution in [3.8, 4) is 78.8 Å². The van der Waals surface area contributed by atoms with Crippen molar-refractivity contribution in [3.05, 3.63) is 235 Å². The molecule has 1 aromatic heterocycles. The van der Waals surface area contributed by atoms with E-state index >= 15 is 0 Å². The van der Waals surface area contributed by atoms with E-state index in [4.69, 9.17) is 14.5 Å². The molecule has 0 radical (unpaired) electrons. The fourth-order valence-electron chi connectivity index (χ4n) is 8.98. The van der Waals surface area contributed by atoms with E-state index in [-0.39, 0.29) is 0 Å². The van der Waals surface area contributed by atoms with Crippen molar-refractivity contribution in [3.63, 3.8) is 0 Å². The van der Waals surface area contributed by atoms with Crippen LogP contribution in [0.1, 0.15) is 22.3 Å². The maximum Gasteiger partial charge on any atom is 0.224 e. The highest BCUT2D eigenvalue weighted by molar-refractivity contribution is 5.95. The first kappa shape index (κ1) is 32.9. The molecule has 1 spiro atoms. The summed E-state index contributed by atoms with van der Waals surface area (Å²) in [6, 6.07) is 73.1. The van der Waals surface area contributed by atoms with Crippen LogP contribution in [0.25, 0.3) is 55.6 Å². The lowest BCUT2D eigenvalue weighted by atomic mass is 9.62. The number of aromatic nitrogens is 1. The Hall–Kier alpha value is -7.49. The van der Waals surface area contributed by atoms with Crippen molar-refractivity contribution in [1.82, 2.24) is 4.98 Å². The first-order valence-electron chi connectivity index (χ1n) is 19.4. The van der Waals surface area contributed by atoms with Crippen LogP contribution < -0.4 is 9.47 Å². The van der Waals surface area contributed by atoms with Gasteiger partial charge in [-0.15, -0.1) is 0 Å². The smallest absolute Gasteiger partial charge is 0.224 e. The summed E-state index contributed by atoms with van der Waals surface area (Å²) >= 11 is 0. The van der Waals surface area contributed by atoms with Gasteiger partial charge in [0.25, 0.3) is 0 Å². The van der Waals surface area contributed by atoms with Gasteiger partial charge >= 0.3 is 0 Å². The molecule has 0 saturated carbocycles. The minimum atomic E-state index is -0.697. The third-order valence-electron chi connectivity index (χ3n) is 11.5. The van der Waals surface area contributed by atoms with Crippen molar-refractivity contribution >= 4 is 0 Å². The Balaban J connectivity index is 1.10. The van der Waals surface area contributed by atoms with E-state index in [9.17, 15) is 0 Å². The van der Waals surface area contributed by atoms with Gasteiger partial charge in [0.1, 0.15) is 17.2 Å². The van der Waals surface area contributed by atoms with Gasteiger partial charge in [-0.1, -0.05) is 176 Å². The number of benzene rings is 8. The summed E-state index contributed by atoms with van der Waals surface area (Å²) in [5, 5.41) is 0. The van der Waals surface area contributed by atoms with Crippen LogP contribution in [-0.4, -0.2) is 4.98 Å². The van der Waals surface area contributed by atoms with Crippen LogP contribution in [0.5, 0.6) is 23.1 Å². The number of pyridine rings is 1. The molecule has 8 aromatic carbocycles. The van der Waals surface area contributed by atoms with Gasteiger partial charge in [0.2, 0.25) is 5.88 Å². The van der Waals surface area contributed by atoms with Crippen molar-refractivity contribution in [2.75, 3.05) is 0 Å². The van der Waals surface area contributed by atoms with Gasteiger partial charge < -0.3 is 9.47 Å². The number of fused-ring (bicyclic) bond motifs is 8. The lowest BCUT2D eigenvalue weighted by Gasteiger charge is -2.44. The Bertz CT molecular complexity index is 2880. The predicted molar refractivity (Wildman–Crippen MR) is 230 cm³/mol. The second-order valence-electron chi connectivity index (χ2n) is 14.6. The van der Waals surface area contributed by atoms with Crippen LogP contribution in [0.3, 0.4) is 0 Å². The van der Waals surface area contributed by atoms with E-state index in [1.165, 1.54) is 38.9 Å². The van der Waals surface area contributed by atoms with Gasteiger partial charge in [0.15, 0.2) is 0 Å². The highest BCUT2D eigenvalue weighted by Gasteiger charge is 2.51. The lowest BCUT2D eigenvalue weighted by Crippen LogP contribution is -2.37. The summed E-state index contributed by atoms with van der Waals surface area (Å²) in [7, 11) is 0. The Morgan fingerprint density at radius 2 is 0.737 bits per heavy atom. The molecule has 2 aliphatic rings. The zero-order valence-electron chi connectivity index (χ0n) is 31.0. The van der Waals surface area contributed by atoms with Crippen LogP contribution >= 0.6 is 0 Å². The maximum absolute atomic E-state index is 6.88. The van der Waals surface area contributed by atoms with Crippen molar-refractivity contribution in [1.29, 1.82) is 0 Å². The van der Waals surface area contributed by atoms with Gasteiger partial charge in [0, 0.05) is 34.0 Å². The molecule has 2 aliphatic heterocycles. The molecule has 0 amide bonds. The molecular weight excluding hydrogens is 695 g/mol. The molecule has 0 N–H and O–H groups in total. The summed E-state index contributed by atoms with van der Waals surface area (Å²) in [5.41, 5.74) is 15.0. The van der Waals surface area contributed by atoms with Crippen molar-refractivity contribution in [2.45, 2.75) is 5.41 Å². The van der Waals surface area contributed by atoms with Gasteiger partial charge in [-0.25, -0.2) is 4.98 Å². The van der Waals surface area contributed by atoms with Crippen LogP contribution in [0.4, 0.5) is 0 Å². The number of hydrogen-bond acceptors (Lipinski definition) is 3. The summed E-state index contributed by atoms with van der Waals surface area (Å²) in [4.78, 5) is 4.84. The van der Waals surface area contributed by atoms with E-state index in [1.807, 2.05) is 24.4 Å². The molecule has 0 fully saturated rings. The largest absolute Gasteiger partial charge is 0.457 e. The summed E-state index contributed by atoms with van der Waals surface area (Å²) in [5.74, 6) is 3.05. The molecule has 0 unspecified atom stereocenters. The molecule has 9 aromatic rings. The van der Waals surface area contributed by atoms with E-state index in [1.54, 1.807) is 0 Å². The third-order valence-corrected chi connectivity index (χ3v) is 11.5. The average molecular weight is 730 g/mol. The lowest BCUT2D eigenvalue weighted by molar-refractivity contribution is 0.390. The van der Waals surface area contributed by atoms with Crippen molar-refractivity contribution < 1.29 is 9.47 Å². The summed E-state index contributed by atoms with van der Waals surface area (Å²) < 4.78 is 13.4. The fraction of sp³-hybridized carbons (Fsp3) is 0.0185. The van der Waals surface area contributed by atoms with Gasteiger partial charge in [0.05, 0.1) is 5.41 Å². The highest BCUT2D eigenvalue weighted by Crippen LogP contribution is 2.62. The van der Waals surface area contributed by atoms with E-state index in [0.29, 0.717) is 5.88 Å². The first-order valence-corrected chi connectivity index (χ1v) is 19.4. The van der Waals surface area contributed by atoms with Crippen LogP contribution in [0.15, 0.2) is 212 Å². The molecule has 0 aliphatic carbocycles. The number of nitrogens with zero attached hydrogens (tertiary/aromatic N) is 1. The standard InChI is InChI=1S/C54H35NO2/c1-4-16-36(17-5-1)42-34-44(38-20-8-3-9-21-38)45(35-43(42)37-18-6-2-7-19-37)40-31-29-39(30-32-40)41-22-14-25-48-52(41)57-53-49(26-15-33-55-53)54(48)46-23-10-12-27-50(46)56-51-28-13-11-24-47(51)54/h1-35H. The quantitative estimate of drug-likeness (QED) is 0.177. The molecule has 0 atom stereocenters. The normalized spacial score (nSPS) is 13.0. The molecular formula is C54H35NO2. The topological polar surface area (TPSA) is 31.4 Å². The predicted octanol–water partition coefficient (Wildman–Crippen LogP) is 14.0. The van der Waals surface area contributed by atoms with Crippen molar-refractivity contribution in [2.24, 2.45) is 0 Å². The molecule has 57 heavy (non-hydrogen) atoms. The molecule has 11 rings (SSSR count). The first-order chi connectivity index (χ1) is 28.3. The molecule has 0 saturated heterocycles. The monoisotopic (exact) mass is 729 g/mol. The van der Waals surface area contributed by atoms with E-state index in [0.717, 1.165) is 56.2 Å². The molecule has 3 nitrogen and oxygen atoms in total. The Labute approximate surface area is 332 Å². The summed E-state index contributed by atoms with van der Waals surface area (Å²) in [6.45, 7) is 0. The molecule has 0 bridgehead atoms. The van der Waals surface area contributed by atoms with E-state index in [2.05, 4.69) is 188 Å². The summed E-state index contributed by atoms with van der Waals surface area (Å²) in [6.07, 6.45) is 1.81. The number of ether oxygens (including phenoxy) is 2. The highest BCUT2D eigenvalue weighted by atomic mass is 16.5. The second kappa shape index (κ2) is 13.4. The number of rotatable bonds is 5. The van der Waals surface area contributed by atoms with Gasteiger partial charge in [-0.2, -0.15) is 0 Å². The number of para-hydroxylation sites is 3. The van der Waals surface area contributed by atoms with Crippen LogP contribution in [0.2, 0.25) is 0 Å². The molecule has 3 heteroatoms. The molecule has 3 heterocycles. The Morgan fingerprint density at radius 1 is 0.316 bits per heavy atom. The third kappa shape index (κ3) is 5.24. The second-order valence-corrected chi connectivity index (χ2v) is 14.6. The average Bonchev–Trinajstić information content (AvgIpc) is 3.29. The minimum absolute atomic E-state index is 0.597. The Kier molecular flexibility index (Phi) is 7.71. The zero-order valence-corrected chi connectivity index (χ0v) is 31.0. The van der Waals surface area contributed by atoms with Crippen LogP contribution in [0, 0.1) is 0 Å². The maximum atomic E-state index is 6.88. The van der Waals surface area contributed by atoms with Crippen LogP contribution in [-0.2, 0) is 5.41 Å². The fourth-order valence-corrected chi connectivity index (χ4v) is 8.98. The number of hydrogen-bond donors (Lipinski definition) is 0. The minimum Gasteiger partial charge on any atom is -0.457 e. The van der Waals surface area contributed by atoms with E-state index < -0.39 is 5.41 Å². The zero-order chi connectivity index (χ0) is 37.8.